The maximum Gasteiger partial charge on any atom is 0.267 e. The molecule has 2 aliphatic rings. The van der Waals surface area contributed by atoms with Crippen molar-refractivity contribution in [3.8, 4) is 5.75 Å². The number of hydrogen-bond acceptors (Lipinski definition) is 5. The summed E-state index contributed by atoms with van der Waals surface area (Å²) in [5.74, 6) is 0.357. The highest BCUT2D eigenvalue weighted by atomic mass is 16.5. The average Bonchev–Trinajstić information content (AvgIpc) is 2.84. The molecule has 8 heteroatoms. The van der Waals surface area contributed by atoms with Crippen LogP contribution in [0.4, 0.5) is 0 Å². The van der Waals surface area contributed by atoms with E-state index in [1.165, 1.54) is 0 Å². The molecule has 2 saturated heterocycles. The molecule has 0 spiro atoms. The fraction of sp³-hybridized carbons (Fsp3) is 0.423. The van der Waals surface area contributed by atoms with Crippen LogP contribution in [0.25, 0.3) is 0 Å². The van der Waals surface area contributed by atoms with Gasteiger partial charge < -0.3 is 19.9 Å². The largest absolute Gasteiger partial charge is 0.478 e. The van der Waals surface area contributed by atoms with Gasteiger partial charge in [0.25, 0.3) is 5.91 Å². The molecule has 0 aliphatic carbocycles. The number of para-hydroxylation sites is 1. The van der Waals surface area contributed by atoms with Crippen molar-refractivity contribution in [2.75, 3.05) is 39.3 Å². The summed E-state index contributed by atoms with van der Waals surface area (Å²) < 4.78 is 6.00. The molecule has 1 N–H and O–H groups in total. The van der Waals surface area contributed by atoms with Gasteiger partial charge in [-0.2, -0.15) is 0 Å². The van der Waals surface area contributed by atoms with E-state index in [0.29, 0.717) is 38.5 Å². The zero-order valence-electron chi connectivity index (χ0n) is 19.7. The second-order valence-corrected chi connectivity index (χ2v) is 9.05. The molecule has 34 heavy (non-hydrogen) atoms. The molecule has 2 unspecified atom stereocenters. The summed E-state index contributed by atoms with van der Waals surface area (Å²) in [4.78, 5) is 43.5. The van der Waals surface area contributed by atoms with Crippen LogP contribution in [0, 0.1) is 0 Å². The first kappa shape index (κ1) is 23.8. The zero-order valence-corrected chi connectivity index (χ0v) is 19.7. The van der Waals surface area contributed by atoms with Gasteiger partial charge in [-0.1, -0.05) is 48.5 Å². The Kier molecular flexibility index (Phi) is 7.47. The van der Waals surface area contributed by atoms with E-state index in [1.54, 1.807) is 9.80 Å². The predicted octanol–water partition coefficient (Wildman–Crippen LogP) is 1.69. The van der Waals surface area contributed by atoms with Gasteiger partial charge in [-0.25, -0.2) is 0 Å². The molecule has 0 bridgehead atoms. The number of likely N-dealkylation sites (tertiary alicyclic amines) is 1. The summed E-state index contributed by atoms with van der Waals surface area (Å²) in [7, 11) is 0. The minimum absolute atomic E-state index is 0.00360. The smallest absolute Gasteiger partial charge is 0.267 e. The highest BCUT2D eigenvalue weighted by Crippen LogP contribution is 2.37. The number of hydrogen-bond donors (Lipinski definition) is 1. The van der Waals surface area contributed by atoms with Crippen LogP contribution in [0.1, 0.15) is 25.5 Å². The molecular weight excluding hydrogens is 432 g/mol. The Morgan fingerprint density at radius 2 is 1.56 bits per heavy atom. The van der Waals surface area contributed by atoms with Crippen LogP contribution in [0.3, 0.4) is 0 Å². The lowest BCUT2D eigenvalue weighted by atomic mass is 9.90. The molecule has 2 heterocycles. The van der Waals surface area contributed by atoms with Gasteiger partial charge in [-0.15, -0.1) is 0 Å². The van der Waals surface area contributed by atoms with Crippen LogP contribution in [0.5, 0.6) is 5.75 Å². The molecule has 8 nitrogen and oxygen atoms in total. The normalized spacial score (nSPS) is 20.7. The Morgan fingerprint density at radius 1 is 0.941 bits per heavy atom. The van der Waals surface area contributed by atoms with E-state index in [1.807, 2.05) is 79.4 Å². The Hall–Kier alpha value is -3.39. The van der Waals surface area contributed by atoms with Gasteiger partial charge in [-0.05, 0) is 31.5 Å². The summed E-state index contributed by atoms with van der Waals surface area (Å²) in [6.07, 6.45) is -0.658. The van der Waals surface area contributed by atoms with Crippen molar-refractivity contribution in [3.05, 3.63) is 66.2 Å². The SMILES string of the molecule is CC(C)NC(=O)CN1CCN(C(=O)CN2C(=O)C(Oc3ccccc3)C2c2ccccc2)CC1. The molecule has 2 atom stereocenters. The van der Waals surface area contributed by atoms with Crippen LogP contribution >= 0.6 is 0 Å². The lowest BCUT2D eigenvalue weighted by Crippen LogP contribution is -2.64. The highest BCUT2D eigenvalue weighted by Gasteiger charge is 2.51. The maximum absolute atomic E-state index is 13.1. The molecule has 3 amide bonds. The molecule has 0 radical (unpaired) electrons. The van der Waals surface area contributed by atoms with Crippen LogP contribution < -0.4 is 10.1 Å². The number of benzene rings is 2. The Bertz CT molecular complexity index is 990. The van der Waals surface area contributed by atoms with E-state index in [4.69, 9.17) is 4.74 Å². The molecule has 180 valence electrons. The number of nitrogens with zero attached hydrogens (tertiary/aromatic N) is 3. The second kappa shape index (κ2) is 10.7. The minimum Gasteiger partial charge on any atom is -0.478 e. The monoisotopic (exact) mass is 464 g/mol. The van der Waals surface area contributed by atoms with Crippen molar-refractivity contribution in [1.29, 1.82) is 0 Å². The summed E-state index contributed by atoms with van der Waals surface area (Å²) >= 11 is 0. The first-order valence-electron chi connectivity index (χ1n) is 11.8. The van der Waals surface area contributed by atoms with Gasteiger partial charge in [0.15, 0.2) is 0 Å². The topological polar surface area (TPSA) is 82.2 Å². The third kappa shape index (κ3) is 5.56. The second-order valence-electron chi connectivity index (χ2n) is 9.05. The number of carbonyl (C=O) groups excluding carboxylic acids is 3. The highest BCUT2D eigenvalue weighted by molar-refractivity contribution is 5.93. The summed E-state index contributed by atoms with van der Waals surface area (Å²) in [5, 5.41) is 2.89. The third-order valence-electron chi connectivity index (χ3n) is 6.14. The number of amides is 3. The van der Waals surface area contributed by atoms with E-state index in [-0.39, 0.29) is 36.3 Å². The van der Waals surface area contributed by atoms with E-state index in [0.717, 1.165) is 5.56 Å². The van der Waals surface area contributed by atoms with Gasteiger partial charge in [0, 0.05) is 32.2 Å². The lowest BCUT2D eigenvalue weighted by molar-refractivity contribution is -0.168. The van der Waals surface area contributed by atoms with Crippen molar-refractivity contribution in [1.82, 2.24) is 20.0 Å². The van der Waals surface area contributed by atoms with E-state index < -0.39 is 6.10 Å². The van der Waals surface area contributed by atoms with Crippen LogP contribution in [0.2, 0.25) is 0 Å². The number of carbonyl (C=O) groups is 3. The zero-order chi connectivity index (χ0) is 24.1. The van der Waals surface area contributed by atoms with E-state index in [2.05, 4.69) is 5.32 Å². The van der Waals surface area contributed by atoms with Crippen molar-refractivity contribution in [3.63, 3.8) is 0 Å². The summed E-state index contributed by atoms with van der Waals surface area (Å²) in [6.45, 7) is 6.55. The van der Waals surface area contributed by atoms with Crippen molar-refractivity contribution < 1.29 is 19.1 Å². The molecule has 2 aromatic carbocycles. The first-order chi connectivity index (χ1) is 16.4. The molecule has 2 fully saturated rings. The number of β-lactam (4-membered cyclic amide) rings is 1. The minimum atomic E-state index is -0.658. The molecule has 0 saturated carbocycles. The maximum atomic E-state index is 13.1. The van der Waals surface area contributed by atoms with E-state index in [9.17, 15) is 14.4 Å². The van der Waals surface area contributed by atoms with Gasteiger partial charge in [-0.3, -0.25) is 19.3 Å². The lowest BCUT2D eigenvalue weighted by Gasteiger charge is -2.47. The van der Waals surface area contributed by atoms with Gasteiger partial charge in [0.1, 0.15) is 18.3 Å². The standard InChI is InChI=1S/C26H32N4O4/c1-19(2)27-22(31)17-28-13-15-29(16-14-28)23(32)18-30-24(20-9-5-3-6-10-20)25(26(30)33)34-21-11-7-4-8-12-21/h3-12,19,24-25H,13-18H2,1-2H3,(H,27,31). The van der Waals surface area contributed by atoms with Crippen LogP contribution in [0.15, 0.2) is 60.7 Å². The molecule has 0 aromatic heterocycles. The predicted molar refractivity (Wildman–Crippen MR) is 128 cm³/mol. The number of piperazine rings is 1. The first-order valence-corrected chi connectivity index (χ1v) is 11.8. The number of ether oxygens (including phenoxy) is 1. The quantitative estimate of drug-likeness (QED) is 0.602. The number of rotatable bonds is 8. The van der Waals surface area contributed by atoms with Gasteiger partial charge in [0.2, 0.25) is 17.9 Å². The molecule has 4 rings (SSSR count). The fourth-order valence-electron chi connectivity index (χ4n) is 4.43. The average molecular weight is 465 g/mol. The van der Waals surface area contributed by atoms with Crippen molar-refractivity contribution in [2.45, 2.75) is 32.0 Å². The molecule has 2 aromatic rings. The van der Waals surface area contributed by atoms with Crippen molar-refractivity contribution >= 4 is 17.7 Å². The van der Waals surface area contributed by atoms with Crippen molar-refractivity contribution in [2.24, 2.45) is 0 Å². The third-order valence-corrected chi connectivity index (χ3v) is 6.14. The van der Waals surface area contributed by atoms with Gasteiger partial charge in [0.05, 0.1) is 6.54 Å². The van der Waals surface area contributed by atoms with E-state index >= 15 is 0 Å². The molecule has 2 aliphatic heterocycles. The van der Waals surface area contributed by atoms with Gasteiger partial charge >= 0.3 is 0 Å². The Labute approximate surface area is 200 Å². The Morgan fingerprint density at radius 3 is 2.18 bits per heavy atom. The molecular formula is C26H32N4O4. The fourth-order valence-corrected chi connectivity index (χ4v) is 4.43. The summed E-state index contributed by atoms with van der Waals surface area (Å²) in [6, 6.07) is 18.7. The van der Waals surface area contributed by atoms with Crippen LogP contribution in [-0.4, -0.2) is 83.8 Å². The Balaban J connectivity index is 1.36. The summed E-state index contributed by atoms with van der Waals surface area (Å²) in [5.41, 5.74) is 0.941. The number of nitrogens with one attached hydrogen (secondary N) is 1. The van der Waals surface area contributed by atoms with Crippen LogP contribution in [-0.2, 0) is 14.4 Å².